The van der Waals surface area contributed by atoms with Crippen molar-refractivity contribution in [3.8, 4) is 11.1 Å². The first-order valence-electron chi connectivity index (χ1n) is 4.59. The molecule has 0 bridgehead atoms. The van der Waals surface area contributed by atoms with Crippen LogP contribution in [0.3, 0.4) is 0 Å². The van der Waals surface area contributed by atoms with Crippen LogP contribution in [0.15, 0.2) is 53.0 Å². The van der Waals surface area contributed by atoms with Crippen LogP contribution in [0.2, 0.25) is 0 Å². The van der Waals surface area contributed by atoms with Gasteiger partial charge in [-0.3, -0.25) is 0 Å². The Morgan fingerprint density at radius 1 is 0.857 bits per heavy atom. The Balaban J connectivity index is 2.58. The first kappa shape index (κ1) is 9.54. The molecule has 2 heteroatoms. The Bertz CT molecular complexity index is 437. The van der Waals surface area contributed by atoms with Crippen molar-refractivity contribution in [1.82, 2.24) is 0 Å². The Kier molecular flexibility index (Phi) is 2.73. The summed E-state index contributed by atoms with van der Waals surface area (Å²) >= 11 is 3.54. The second-order valence-electron chi connectivity index (χ2n) is 3.28. The van der Waals surface area contributed by atoms with Gasteiger partial charge in [0.05, 0.1) is 0 Å². The van der Waals surface area contributed by atoms with Crippen molar-refractivity contribution >= 4 is 29.2 Å². The third-order valence-corrected chi connectivity index (χ3v) is 3.21. The van der Waals surface area contributed by atoms with Crippen LogP contribution in [-0.4, -0.2) is 7.85 Å². The van der Waals surface area contributed by atoms with E-state index >= 15 is 0 Å². The zero-order valence-corrected chi connectivity index (χ0v) is 9.58. The highest BCUT2D eigenvalue weighted by Gasteiger charge is 2.02. The van der Waals surface area contributed by atoms with Gasteiger partial charge in [0.15, 0.2) is 0 Å². The van der Waals surface area contributed by atoms with Gasteiger partial charge in [-0.25, -0.2) is 0 Å². The van der Waals surface area contributed by atoms with Crippen molar-refractivity contribution in [3.63, 3.8) is 0 Å². The van der Waals surface area contributed by atoms with E-state index in [4.69, 9.17) is 0 Å². The minimum atomic E-state index is 1.17. The number of benzene rings is 2. The first-order chi connectivity index (χ1) is 6.79. The molecule has 2 rings (SSSR count). The lowest BCUT2D eigenvalue weighted by Gasteiger charge is -2.07. The molecule has 0 aromatic heterocycles. The summed E-state index contributed by atoms with van der Waals surface area (Å²) in [5, 5.41) is 0. The van der Waals surface area contributed by atoms with Gasteiger partial charge in [-0.2, -0.15) is 0 Å². The molecule has 0 unspecified atom stereocenters. The van der Waals surface area contributed by atoms with E-state index in [-0.39, 0.29) is 0 Å². The second kappa shape index (κ2) is 4.01. The Morgan fingerprint density at radius 3 is 2.29 bits per heavy atom. The van der Waals surface area contributed by atoms with E-state index in [1.54, 1.807) is 0 Å². The largest absolute Gasteiger partial charge is 0.141 e. The van der Waals surface area contributed by atoms with Crippen molar-refractivity contribution in [1.29, 1.82) is 0 Å². The minimum absolute atomic E-state index is 1.17. The predicted octanol–water partition coefficient (Wildman–Crippen LogP) is 2.37. The highest BCUT2D eigenvalue weighted by atomic mass is 79.9. The van der Waals surface area contributed by atoms with Gasteiger partial charge in [0.25, 0.3) is 0 Å². The maximum atomic E-state index is 3.54. The molecule has 0 aliphatic heterocycles. The summed E-state index contributed by atoms with van der Waals surface area (Å²) in [5.41, 5.74) is 3.85. The average molecular weight is 245 g/mol. The fourth-order valence-electron chi connectivity index (χ4n) is 1.54. The van der Waals surface area contributed by atoms with Crippen LogP contribution in [0.5, 0.6) is 0 Å². The van der Waals surface area contributed by atoms with Crippen molar-refractivity contribution in [2.24, 2.45) is 0 Å². The monoisotopic (exact) mass is 244 g/mol. The van der Waals surface area contributed by atoms with E-state index in [9.17, 15) is 0 Å². The van der Waals surface area contributed by atoms with Crippen molar-refractivity contribution in [2.75, 3.05) is 0 Å². The summed E-state index contributed by atoms with van der Waals surface area (Å²) in [6.07, 6.45) is 0. The van der Waals surface area contributed by atoms with E-state index in [0.29, 0.717) is 0 Å². The summed E-state index contributed by atoms with van der Waals surface area (Å²) in [6, 6.07) is 16.7. The predicted molar refractivity (Wildman–Crippen MR) is 67.8 cm³/mol. The van der Waals surface area contributed by atoms with Crippen molar-refractivity contribution in [3.05, 3.63) is 53.0 Å². The standard InChI is InChI=1S/C12H10BBr/c13-12-10(7-4-8-11(12)14)9-5-2-1-3-6-9/h1-8H,13H2. The molecule has 68 valence electrons. The lowest BCUT2D eigenvalue weighted by Crippen LogP contribution is -2.07. The van der Waals surface area contributed by atoms with Gasteiger partial charge in [0.2, 0.25) is 0 Å². The van der Waals surface area contributed by atoms with Gasteiger partial charge in [-0.15, -0.1) is 0 Å². The number of hydrogen-bond acceptors (Lipinski definition) is 0. The second-order valence-corrected chi connectivity index (χ2v) is 4.13. The molecule has 0 saturated heterocycles. The van der Waals surface area contributed by atoms with Crippen LogP contribution >= 0.6 is 15.9 Å². The number of hydrogen-bond donors (Lipinski definition) is 0. The van der Waals surface area contributed by atoms with Crippen molar-refractivity contribution < 1.29 is 0 Å². The summed E-state index contributed by atoms with van der Waals surface area (Å²) in [5.74, 6) is 0. The molecule has 0 fully saturated rings. The third kappa shape index (κ3) is 1.75. The summed E-state index contributed by atoms with van der Waals surface area (Å²) in [6.45, 7) is 0. The molecule has 0 nitrogen and oxygen atoms in total. The van der Waals surface area contributed by atoms with Gasteiger partial charge in [-0.05, 0) is 17.2 Å². The van der Waals surface area contributed by atoms with E-state index in [2.05, 4.69) is 66.2 Å². The molecule has 0 aliphatic rings. The highest BCUT2D eigenvalue weighted by molar-refractivity contribution is 9.10. The number of halogens is 1. The van der Waals surface area contributed by atoms with Crippen LogP contribution in [0.25, 0.3) is 11.1 Å². The van der Waals surface area contributed by atoms with Gasteiger partial charge < -0.3 is 0 Å². The molecule has 0 heterocycles. The molecular weight excluding hydrogens is 235 g/mol. The Hall–Kier alpha value is -1.02. The van der Waals surface area contributed by atoms with Crippen molar-refractivity contribution in [2.45, 2.75) is 0 Å². The third-order valence-electron chi connectivity index (χ3n) is 2.35. The smallest absolute Gasteiger partial charge is 0.0674 e. The quantitative estimate of drug-likeness (QED) is 0.676. The maximum Gasteiger partial charge on any atom is 0.141 e. The lowest BCUT2D eigenvalue weighted by atomic mass is 9.87. The molecule has 0 atom stereocenters. The van der Waals surface area contributed by atoms with Crippen LogP contribution in [0.4, 0.5) is 0 Å². The van der Waals surface area contributed by atoms with E-state index < -0.39 is 0 Å². The van der Waals surface area contributed by atoms with Gasteiger partial charge in [-0.1, -0.05) is 63.9 Å². The molecule has 0 saturated carbocycles. The lowest BCUT2D eigenvalue weighted by molar-refractivity contribution is 1.63. The Morgan fingerprint density at radius 2 is 1.57 bits per heavy atom. The normalized spacial score (nSPS) is 10.1. The zero-order valence-electron chi connectivity index (χ0n) is 8.00. The fraction of sp³-hybridized carbons (Fsp3) is 0. The summed E-state index contributed by atoms with van der Waals surface area (Å²) < 4.78 is 1.17. The molecule has 14 heavy (non-hydrogen) atoms. The number of rotatable bonds is 1. The molecule has 0 amide bonds. The van der Waals surface area contributed by atoms with E-state index in [0.717, 1.165) is 0 Å². The average Bonchev–Trinajstić information content (AvgIpc) is 2.23. The minimum Gasteiger partial charge on any atom is -0.0674 e. The van der Waals surface area contributed by atoms with Crippen LogP contribution in [0.1, 0.15) is 0 Å². The fourth-order valence-corrected chi connectivity index (χ4v) is 1.90. The summed E-state index contributed by atoms with van der Waals surface area (Å²) in [7, 11) is 2.13. The van der Waals surface area contributed by atoms with Crippen LogP contribution in [0, 0.1) is 0 Å². The molecule has 0 spiro atoms. The topological polar surface area (TPSA) is 0 Å². The highest BCUT2D eigenvalue weighted by Crippen LogP contribution is 2.19. The van der Waals surface area contributed by atoms with Gasteiger partial charge in [0.1, 0.15) is 7.85 Å². The van der Waals surface area contributed by atoms with Crippen LogP contribution in [-0.2, 0) is 0 Å². The van der Waals surface area contributed by atoms with Gasteiger partial charge >= 0.3 is 0 Å². The molecule has 0 N–H and O–H groups in total. The SMILES string of the molecule is Bc1c(Br)cccc1-c1ccccc1. The van der Waals surface area contributed by atoms with E-state index in [1.807, 2.05) is 6.07 Å². The molecule has 2 aromatic carbocycles. The maximum absolute atomic E-state index is 3.54. The zero-order chi connectivity index (χ0) is 9.97. The molecule has 0 aliphatic carbocycles. The molecular formula is C12H10BBr. The Labute approximate surface area is 93.5 Å². The van der Waals surface area contributed by atoms with E-state index in [1.165, 1.54) is 21.1 Å². The summed E-state index contributed by atoms with van der Waals surface area (Å²) in [4.78, 5) is 0. The molecule has 2 aromatic rings. The van der Waals surface area contributed by atoms with Crippen LogP contribution < -0.4 is 5.46 Å². The molecule has 0 radical (unpaired) electrons. The van der Waals surface area contributed by atoms with Gasteiger partial charge in [0, 0.05) is 4.47 Å². The first-order valence-corrected chi connectivity index (χ1v) is 5.39.